The molecule has 0 aliphatic carbocycles. The molecule has 0 saturated carbocycles. The molecule has 1 aliphatic heterocycles. The molecule has 1 fully saturated rings. The zero-order valence-corrected chi connectivity index (χ0v) is 18.2. The number of carbonyl (C=O) groups is 1. The number of ether oxygens (including phenoxy) is 1. The van der Waals surface area contributed by atoms with Crippen molar-refractivity contribution in [3.63, 3.8) is 0 Å². The number of rotatable bonds is 5. The summed E-state index contributed by atoms with van der Waals surface area (Å²) < 4.78 is 5.58. The fourth-order valence-electron chi connectivity index (χ4n) is 3.31. The second-order valence-corrected chi connectivity index (χ2v) is 8.67. The zero-order chi connectivity index (χ0) is 20.4. The molecule has 1 amide bonds. The van der Waals surface area contributed by atoms with Gasteiger partial charge < -0.3 is 14.5 Å². The van der Waals surface area contributed by atoms with Crippen molar-refractivity contribution in [2.45, 2.75) is 13.3 Å². The first-order valence-electron chi connectivity index (χ1n) is 9.39. The molecule has 29 heavy (non-hydrogen) atoms. The first kappa shape index (κ1) is 20.2. The lowest BCUT2D eigenvalue weighted by molar-refractivity contribution is -0.133. The van der Waals surface area contributed by atoms with Gasteiger partial charge in [0.15, 0.2) is 6.61 Å². The second-order valence-electron chi connectivity index (χ2n) is 6.71. The van der Waals surface area contributed by atoms with Crippen molar-refractivity contribution in [2.24, 2.45) is 0 Å². The molecule has 3 heterocycles. The number of hydrogen-bond acceptors (Lipinski definition) is 6. The average Bonchev–Trinajstić information content (AvgIpc) is 3.16. The Hall–Kier alpha value is -2.09. The van der Waals surface area contributed by atoms with Gasteiger partial charge in [-0.15, -0.1) is 11.3 Å². The number of benzene rings is 1. The highest BCUT2D eigenvalue weighted by atomic mass is 35.5. The maximum Gasteiger partial charge on any atom is 0.260 e. The van der Waals surface area contributed by atoms with E-state index < -0.39 is 0 Å². The van der Waals surface area contributed by atoms with Crippen LogP contribution in [0.3, 0.4) is 0 Å². The summed E-state index contributed by atoms with van der Waals surface area (Å²) in [5, 5.41) is 2.01. The van der Waals surface area contributed by atoms with E-state index in [1.165, 1.54) is 4.88 Å². The van der Waals surface area contributed by atoms with Gasteiger partial charge in [0.05, 0.1) is 10.4 Å². The number of piperazine rings is 1. The first-order chi connectivity index (χ1) is 14.0. The Balaban J connectivity index is 1.37. The van der Waals surface area contributed by atoms with Crippen molar-refractivity contribution >= 4 is 56.5 Å². The predicted octanol–water partition coefficient (Wildman–Crippen LogP) is 4.29. The van der Waals surface area contributed by atoms with Crippen molar-refractivity contribution in [1.29, 1.82) is 0 Å². The summed E-state index contributed by atoms with van der Waals surface area (Å²) in [5.74, 6) is 1.34. The van der Waals surface area contributed by atoms with Gasteiger partial charge >= 0.3 is 0 Å². The summed E-state index contributed by atoms with van der Waals surface area (Å²) in [6.07, 6.45) is 2.61. The van der Waals surface area contributed by atoms with Gasteiger partial charge in [-0.25, -0.2) is 9.97 Å². The maximum atomic E-state index is 12.5. The highest BCUT2D eigenvalue weighted by Crippen LogP contribution is 2.31. The van der Waals surface area contributed by atoms with Crippen molar-refractivity contribution in [2.75, 3.05) is 37.7 Å². The Bertz CT molecular complexity index is 1030. The minimum atomic E-state index is -0.0627. The number of aromatic nitrogens is 2. The molecule has 4 rings (SSSR count). The van der Waals surface area contributed by atoms with Gasteiger partial charge in [0.25, 0.3) is 5.91 Å². The predicted molar refractivity (Wildman–Crippen MR) is 118 cm³/mol. The van der Waals surface area contributed by atoms with E-state index in [9.17, 15) is 4.79 Å². The van der Waals surface area contributed by atoms with Crippen LogP contribution in [-0.2, 0) is 11.2 Å². The molecule has 0 bridgehead atoms. The molecular formula is C20H20Cl2N4O2S. The number of halogens is 2. The fourth-order valence-corrected chi connectivity index (χ4v) is 4.70. The van der Waals surface area contributed by atoms with Gasteiger partial charge in [-0.3, -0.25) is 4.79 Å². The SMILES string of the molecule is CCc1cc2c(N3CCN(C(=O)COc4ccc(Cl)cc4Cl)CC3)ncnc2s1. The number of anilines is 1. The molecule has 152 valence electrons. The smallest absolute Gasteiger partial charge is 0.260 e. The highest BCUT2D eigenvalue weighted by molar-refractivity contribution is 7.18. The molecule has 0 unspecified atom stereocenters. The molecular weight excluding hydrogens is 431 g/mol. The number of aryl methyl sites for hydroxylation is 1. The Kier molecular flexibility index (Phi) is 6.08. The first-order valence-corrected chi connectivity index (χ1v) is 11.0. The number of amides is 1. The second kappa shape index (κ2) is 8.73. The number of hydrogen-bond donors (Lipinski definition) is 0. The van der Waals surface area contributed by atoms with E-state index in [0.29, 0.717) is 28.9 Å². The Morgan fingerprint density at radius 3 is 2.69 bits per heavy atom. The van der Waals surface area contributed by atoms with Crippen LogP contribution in [0, 0.1) is 0 Å². The van der Waals surface area contributed by atoms with Crippen LogP contribution >= 0.6 is 34.5 Å². The molecule has 9 heteroatoms. The minimum Gasteiger partial charge on any atom is -0.482 e. The van der Waals surface area contributed by atoms with Gasteiger partial charge in [0.2, 0.25) is 0 Å². The minimum absolute atomic E-state index is 0.0521. The quantitative estimate of drug-likeness (QED) is 0.580. The molecule has 1 saturated heterocycles. The normalized spacial score (nSPS) is 14.4. The molecule has 0 N–H and O–H groups in total. The third-order valence-electron chi connectivity index (χ3n) is 4.88. The molecule has 3 aromatic rings. The summed E-state index contributed by atoms with van der Waals surface area (Å²) >= 11 is 13.7. The van der Waals surface area contributed by atoms with Crippen LogP contribution in [0.1, 0.15) is 11.8 Å². The lowest BCUT2D eigenvalue weighted by atomic mass is 10.2. The number of thiophene rings is 1. The highest BCUT2D eigenvalue weighted by Gasteiger charge is 2.24. The third kappa shape index (κ3) is 4.42. The van der Waals surface area contributed by atoms with Gasteiger partial charge in [-0.05, 0) is 30.7 Å². The van der Waals surface area contributed by atoms with E-state index in [1.54, 1.807) is 35.9 Å². The average molecular weight is 451 g/mol. The van der Waals surface area contributed by atoms with Crippen molar-refractivity contribution in [1.82, 2.24) is 14.9 Å². The van der Waals surface area contributed by atoms with Crippen LogP contribution in [0.2, 0.25) is 10.0 Å². The molecule has 2 aromatic heterocycles. The monoisotopic (exact) mass is 450 g/mol. The molecule has 1 aliphatic rings. The van der Waals surface area contributed by atoms with Gasteiger partial charge in [-0.2, -0.15) is 0 Å². The van der Waals surface area contributed by atoms with Crippen molar-refractivity contribution in [3.8, 4) is 5.75 Å². The zero-order valence-electron chi connectivity index (χ0n) is 15.9. The van der Waals surface area contributed by atoms with Crippen molar-refractivity contribution < 1.29 is 9.53 Å². The summed E-state index contributed by atoms with van der Waals surface area (Å²) in [7, 11) is 0. The standard InChI is InChI=1S/C20H20Cl2N4O2S/c1-2-14-10-15-19(23-12-24-20(15)29-14)26-7-5-25(6-8-26)18(27)11-28-17-4-3-13(21)9-16(17)22/h3-4,9-10,12H,2,5-8,11H2,1H3. The van der Waals surface area contributed by atoms with Crippen LogP contribution in [0.5, 0.6) is 5.75 Å². The van der Waals surface area contributed by atoms with Gasteiger partial charge in [0.1, 0.15) is 22.7 Å². The van der Waals surface area contributed by atoms with E-state index in [0.717, 1.165) is 35.5 Å². The molecule has 6 nitrogen and oxygen atoms in total. The van der Waals surface area contributed by atoms with Gasteiger partial charge in [-0.1, -0.05) is 30.1 Å². The Labute approximate surface area is 183 Å². The van der Waals surface area contributed by atoms with E-state index in [-0.39, 0.29) is 12.5 Å². The van der Waals surface area contributed by atoms with Crippen LogP contribution < -0.4 is 9.64 Å². The van der Waals surface area contributed by atoms with Gasteiger partial charge in [0, 0.05) is 36.1 Å². The van der Waals surface area contributed by atoms with Crippen LogP contribution in [0.4, 0.5) is 5.82 Å². The lowest BCUT2D eigenvalue weighted by Crippen LogP contribution is -2.50. The Morgan fingerprint density at radius 1 is 1.17 bits per heavy atom. The van der Waals surface area contributed by atoms with Crippen LogP contribution in [-0.4, -0.2) is 53.6 Å². The Morgan fingerprint density at radius 2 is 1.97 bits per heavy atom. The van der Waals surface area contributed by atoms with E-state index in [1.807, 2.05) is 4.90 Å². The summed E-state index contributed by atoms with van der Waals surface area (Å²) in [6.45, 7) is 4.76. The third-order valence-corrected chi connectivity index (χ3v) is 6.60. The van der Waals surface area contributed by atoms with Crippen LogP contribution in [0.15, 0.2) is 30.6 Å². The molecule has 0 radical (unpaired) electrons. The fraction of sp³-hybridized carbons (Fsp3) is 0.350. The molecule has 1 aromatic carbocycles. The number of nitrogens with zero attached hydrogens (tertiary/aromatic N) is 4. The van der Waals surface area contributed by atoms with Crippen LogP contribution in [0.25, 0.3) is 10.2 Å². The molecule has 0 spiro atoms. The topological polar surface area (TPSA) is 58.6 Å². The van der Waals surface area contributed by atoms with E-state index >= 15 is 0 Å². The molecule has 0 atom stereocenters. The number of fused-ring (bicyclic) bond motifs is 1. The van der Waals surface area contributed by atoms with E-state index in [2.05, 4.69) is 27.9 Å². The summed E-state index contributed by atoms with van der Waals surface area (Å²) in [5.41, 5.74) is 0. The van der Waals surface area contributed by atoms with E-state index in [4.69, 9.17) is 27.9 Å². The largest absolute Gasteiger partial charge is 0.482 e. The lowest BCUT2D eigenvalue weighted by Gasteiger charge is -2.35. The number of carbonyl (C=O) groups excluding carboxylic acids is 1. The summed E-state index contributed by atoms with van der Waals surface area (Å²) in [4.78, 5) is 27.8. The van der Waals surface area contributed by atoms with Crippen molar-refractivity contribution in [3.05, 3.63) is 45.5 Å². The maximum absolute atomic E-state index is 12.5. The summed E-state index contributed by atoms with van der Waals surface area (Å²) in [6, 6.07) is 7.12.